The van der Waals surface area contributed by atoms with E-state index in [1.807, 2.05) is 0 Å². The van der Waals surface area contributed by atoms with Crippen LogP contribution >= 0.6 is 0 Å². The molecule has 0 spiro atoms. The third-order valence-corrected chi connectivity index (χ3v) is 12.9. The molecule has 0 amide bonds. The van der Waals surface area contributed by atoms with Gasteiger partial charge in [-0.25, -0.2) is 0 Å². The van der Waals surface area contributed by atoms with E-state index in [-0.39, 0.29) is 5.41 Å². The molecule has 0 aliphatic heterocycles. The zero-order valence-corrected chi connectivity index (χ0v) is 33.0. The second kappa shape index (κ2) is 12.8. The fourth-order valence-electron chi connectivity index (χ4n) is 9.98. The van der Waals surface area contributed by atoms with Gasteiger partial charge < -0.3 is 9.13 Å². The Morgan fingerprint density at radius 3 is 1.51 bits per heavy atom. The summed E-state index contributed by atoms with van der Waals surface area (Å²) < 4.78 is 4.84. The summed E-state index contributed by atoms with van der Waals surface area (Å²) in [5.74, 6) is 0. The van der Waals surface area contributed by atoms with Crippen LogP contribution in [0.15, 0.2) is 206 Å². The third kappa shape index (κ3) is 5.13. The maximum atomic E-state index is 2.45. The Labute approximate surface area is 343 Å². The second-order valence-corrected chi connectivity index (χ2v) is 16.6. The molecule has 0 radical (unpaired) electrons. The van der Waals surface area contributed by atoms with Gasteiger partial charge in [0.25, 0.3) is 0 Å². The zero-order chi connectivity index (χ0) is 39.2. The van der Waals surface area contributed by atoms with Gasteiger partial charge in [0.15, 0.2) is 0 Å². The summed E-state index contributed by atoms with van der Waals surface area (Å²) in [5, 5.41) is 5.01. The number of hydrogen-bond donors (Lipinski definition) is 0. The first-order chi connectivity index (χ1) is 29.0. The summed E-state index contributed by atoms with van der Waals surface area (Å²) in [6.45, 7) is 4.72. The van der Waals surface area contributed by atoms with Crippen LogP contribution in [0.2, 0.25) is 0 Å². The van der Waals surface area contributed by atoms with E-state index in [2.05, 4.69) is 229 Å². The summed E-state index contributed by atoms with van der Waals surface area (Å²) >= 11 is 0. The molecule has 2 heterocycles. The quantitative estimate of drug-likeness (QED) is 0.166. The largest absolute Gasteiger partial charge is 0.309 e. The van der Waals surface area contributed by atoms with Gasteiger partial charge in [0, 0.05) is 38.3 Å². The summed E-state index contributed by atoms with van der Waals surface area (Å²) in [7, 11) is 0. The molecule has 2 heteroatoms. The van der Waals surface area contributed by atoms with E-state index in [1.165, 1.54) is 105 Å². The van der Waals surface area contributed by atoms with Crippen molar-refractivity contribution in [3.05, 3.63) is 217 Å². The molecule has 1 aliphatic carbocycles. The summed E-state index contributed by atoms with van der Waals surface area (Å²) in [5.41, 5.74) is 19.9. The molecule has 12 rings (SSSR count). The highest BCUT2D eigenvalue weighted by molar-refractivity contribution is 6.13. The van der Waals surface area contributed by atoms with E-state index in [0.29, 0.717) is 0 Å². The van der Waals surface area contributed by atoms with Gasteiger partial charge in [-0.2, -0.15) is 0 Å². The fourth-order valence-corrected chi connectivity index (χ4v) is 9.98. The van der Waals surface area contributed by atoms with Crippen LogP contribution in [-0.4, -0.2) is 9.13 Å². The molecule has 2 aromatic heterocycles. The zero-order valence-electron chi connectivity index (χ0n) is 33.0. The van der Waals surface area contributed by atoms with Crippen molar-refractivity contribution in [2.24, 2.45) is 0 Å². The number of fused-ring (bicyclic) bond motifs is 9. The van der Waals surface area contributed by atoms with Crippen molar-refractivity contribution >= 4 is 43.6 Å². The number of benzene rings is 9. The van der Waals surface area contributed by atoms with Crippen molar-refractivity contribution in [2.75, 3.05) is 0 Å². The molecule has 0 unspecified atom stereocenters. The Morgan fingerprint density at radius 1 is 0.288 bits per heavy atom. The number of hydrogen-bond acceptors (Lipinski definition) is 0. The standard InChI is InChI=1S/C57H40N2/c1-57(2)51-19-11-9-17-45(51)46-29-23-41(35-52(46)57)39-25-32-55-50(33-39)48-30-24-42(36-56(48)59(55)44-27-21-38(22-28-44)37-13-5-3-6-14-37)40-26-31-54-49(34-40)47-18-10-12-20-53(47)58(54)43-15-7-4-8-16-43/h3-36H,1-2H3. The Kier molecular flexibility index (Phi) is 7.31. The van der Waals surface area contributed by atoms with Gasteiger partial charge in [0.1, 0.15) is 0 Å². The lowest BCUT2D eigenvalue weighted by Crippen LogP contribution is -2.14. The van der Waals surface area contributed by atoms with E-state index >= 15 is 0 Å². The van der Waals surface area contributed by atoms with Crippen LogP contribution in [0.25, 0.3) is 99.5 Å². The summed E-state index contributed by atoms with van der Waals surface area (Å²) in [4.78, 5) is 0. The van der Waals surface area contributed by atoms with Crippen molar-refractivity contribution in [3.63, 3.8) is 0 Å². The molecule has 0 atom stereocenters. The molecular weight excluding hydrogens is 713 g/mol. The molecule has 59 heavy (non-hydrogen) atoms. The van der Waals surface area contributed by atoms with Crippen molar-refractivity contribution in [1.82, 2.24) is 9.13 Å². The van der Waals surface area contributed by atoms with Gasteiger partial charge in [-0.1, -0.05) is 153 Å². The minimum absolute atomic E-state index is 0.0517. The summed E-state index contributed by atoms with van der Waals surface area (Å²) in [6.07, 6.45) is 0. The van der Waals surface area contributed by atoms with E-state index in [4.69, 9.17) is 0 Å². The predicted molar refractivity (Wildman–Crippen MR) is 249 cm³/mol. The van der Waals surface area contributed by atoms with Crippen LogP contribution in [0.1, 0.15) is 25.0 Å². The van der Waals surface area contributed by atoms with Gasteiger partial charge in [0.2, 0.25) is 0 Å². The summed E-state index contributed by atoms with van der Waals surface area (Å²) in [6, 6.07) is 76.1. The van der Waals surface area contributed by atoms with Crippen LogP contribution in [-0.2, 0) is 5.41 Å². The first kappa shape index (κ1) is 33.7. The minimum Gasteiger partial charge on any atom is -0.309 e. The molecule has 0 N–H and O–H groups in total. The molecule has 0 fully saturated rings. The fraction of sp³-hybridized carbons (Fsp3) is 0.0526. The number of rotatable bonds is 5. The Morgan fingerprint density at radius 2 is 0.763 bits per heavy atom. The smallest absolute Gasteiger partial charge is 0.0547 e. The highest BCUT2D eigenvalue weighted by Crippen LogP contribution is 2.50. The van der Waals surface area contributed by atoms with Crippen molar-refractivity contribution < 1.29 is 0 Å². The van der Waals surface area contributed by atoms with Gasteiger partial charge in [0.05, 0.1) is 22.1 Å². The van der Waals surface area contributed by atoms with E-state index in [0.717, 1.165) is 5.69 Å². The molecule has 1 aliphatic rings. The molecule has 278 valence electrons. The third-order valence-electron chi connectivity index (χ3n) is 12.9. The maximum absolute atomic E-state index is 2.45. The maximum Gasteiger partial charge on any atom is 0.0547 e. The van der Waals surface area contributed by atoms with E-state index in [9.17, 15) is 0 Å². The highest BCUT2D eigenvalue weighted by atomic mass is 15.0. The van der Waals surface area contributed by atoms with Gasteiger partial charge >= 0.3 is 0 Å². The van der Waals surface area contributed by atoms with Gasteiger partial charge in [-0.15, -0.1) is 0 Å². The first-order valence-electron chi connectivity index (χ1n) is 20.6. The molecule has 11 aromatic rings. The molecule has 2 nitrogen and oxygen atoms in total. The average molecular weight is 753 g/mol. The first-order valence-corrected chi connectivity index (χ1v) is 20.6. The molecule has 0 saturated heterocycles. The lowest BCUT2D eigenvalue weighted by Gasteiger charge is -2.22. The Bertz CT molecular complexity index is 3440. The van der Waals surface area contributed by atoms with Crippen molar-refractivity contribution in [1.29, 1.82) is 0 Å². The lowest BCUT2D eigenvalue weighted by molar-refractivity contribution is 0.660. The average Bonchev–Trinajstić information content (AvgIpc) is 3.89. The van der Waals surface area contributed by atoms with Crippen LogP contribution in [0.4, 0.5) is 0 Å². The Hall–Kier alpha value is -7.42. The van der Waals surface area contributed by atoms with E-state index < -0.39 is 0 Å². The monoisotopic (exact) mass is 752 g/mol. The molecule has 9 aromatic carbocycles. The minimum atomic E-state index is -0.0517. The number of aromatic nitrogens is 2. The van der Waals surface area contributed by atoms with Gasteiger partial charge in [-0.05, 0) is 122 Å². The van der Waals surface area contributed by atoms with Crippen LogP contribution in [0.3, 0.4) is 0 Å². The Balaban J connectivity index is 1.03. The van der Waals surface area contributed by atoms with Crippen molar-refractivity contribution in [3.8, 4) is 55.9 Å². The highest BCUT2D eigenvalue weighted by Gasteiger charge is 2.35. The topological polar surface area (TPSA) is 9.86 Å². The van der Waals surface area contributed by atoms with Crippen LogP contribution < -0.4 is 0 Å². The second-order valence-electron chi connectivity index (χ2n) is 16.6. The van der Waals surface area contributed by atoms with Crippen LogP contribution in [0.5, 0.6) is 0 Å². The van der Waals surface area contributed by atoms with Gasteiger partial charge in [-0.3, -0.25) is 0 Å². The van der Waals surface area contributed by atoms with Crippen molar-refractivity contribution in [2.45, 2.75) is 19.3 Å². The molecular formula is C57H40N2. The number of para-hydroxylation sites is 2. The van der Waals surface area contributed by atoms with Crippen LogP contribution in [0, 0.1) is 0 Å². The normalized spacial score (nSPS) is 13.1. The predicted octanol–water partition coefficient (Wildman–Crippen LogP) is 15.2. The molecule has 0 bridgehead atoms. The van der Waals surface area contributed by atoms with E-state index in [1.54, 1.807) is 0 Å². The molecule has 0 saturated carbocycles. The SMILES string of the molecule is CC1(C)c2ccccc2-c2ccc(-c3ccc4c(c3)c3ccc(-c5ccc6c(c5)c5ccccc5n6-c5ccccc5)cc3n4-c3ccc(-c4ccccc4)cc3)cc21. The number of nitrogens with zero attached hydrogens (tertiary/aromatic N) is 2. The lowest BCUT2D eigenvalue weighted by atomic mass is 9.81.